The first-order valence-electron chi connectivity index (χ1n) is 12.1. The van der Waals surface area contributed by atoms with E-state index in [-0.39, 0.29) is 18.4 Å². The molecule has 34 heavy (non-hydrogen) atoms. The number of carbonyl (C=O) groups excluding carboxylic acids is 2. The Morgan fingerprint density at radius 1 is 1.03 bits per heavy atom. The monoisotopic (exact) mass is 461 g/mol. The smallest absolute Gasteiger partial charge is 0.289 e. The fourth-order valence-electron chi connectivity index (χ4n) is 4.88. The molecule has 1 aromatic carbocycles. The van der Waals surface area contributed by atoms with Gasteiger partial charge in [0.25, 0.3) is 5.91 Å². The second-order valence-corrected chi connectivity index (χ2v) is 9.21. The van der Waals surface area contributed by atoms with Gasteiger partial charge in [-0.1, -0.05) is 31.0 Å². The number of aryl methyl sites for hydroxylation is 1. The van der Waals surface area contributed by atoms with Crippen molar-refractivity contribution < 1.29 is 14.0 Å². The standard InChI is InChI=1S/C26H31N5O3/c1-19-11-12-23(34-19)26(33)30-15-13-29(14-16-30)18-25(32)27-24-17-22(20-7-5-6-8-20)28-31(24)21-9-3-2-4-10-21/h2-4,9-12,17,20H,5-8,13-16,18H2,1H3,(H,27,32). The van der Waals surface area contributed by atoms with Crippen LogP contribution in [-0.2, 0) is 4.79 Å². The highest BCUT2D eigenvalue weighted by atomic mass is 16.3. The van der Waals surface area contributed by atoms with Gasteiger partial charge in [-0.15, -0.1) is 0 Å². The summed E-state index contributed by atoms with van der Waals surface area (Å²) >= 11 is 0. The second-order valence-electron chi connectivity index (χ2n) is 9.21. The van der Waals surface area contributed by atoms with Crippen molar-refractivity contribution in [2.45, 2.75) is 38.5 Å². The third-order valence-corrected chi connectivity index (χ3v) is 6.75. The van der Waals surface area contributed by atoms with Gasteiger partial charge in [-0.3, -0.25) is 14.5 Å². The number of para-hydroxylation sites is 1. The molecular formula is C26H31N5O3. The van der Waals surface area contributed by atoms with E-state index < -0.39 is 0 Å². The molecule has 1 aliphatic heterocycles. The summed E-state index contributed by atoms with van der Waals surface area (Å²) in [7, 11) is 0. The molecule has 2 aromatic heterocycles. The Balaban J connectivity index is 1.21. The molecule has 178 valence electrons. The molecule has 8 heteroatoms. The molecule has 8 nitrogen and oxygen atoms in total. The van der Waals surface area contributed by atoms with Crippen LogP contribution in [0.4, 0.5) is 5.82 Å². The average molecular weight is 462 g/mol. The van der Waals surface area contributed by atoms with Crippen molar-refractivity contribution in [2.24, 2.45) is 0 Å². The molecule has 1 N–H and O–H groups in total. The minimum Gasteiger partial charge on any atom is -0.456 e. The Hall–Kier alpha value is -3.39. The highest BCUT2D eigenvalue weighted by Crippen LogP contribution is 2.35. The van der Waals surface area contributed by atoms with E-state index in [9.17, 15) is 9.59 Å². The van der Waals surface area contributed by atoms with E-state index in [1.807, 2.05) is 48.0 Å². The molecule has 0 spiro atoms. The van der Waals surface area contributed by atoms with Crippen molar-refractivity contribution in [3.05, 3.63) is 65.7 Å². The van der Waals surface area contributed by atoms with Gasteiger partial charge in [-0.25, -0.2) is 4.68 Å². The van der Waals surface area contributed by atoms with E-state index in [1.54, 1.807) is 17.0 Å². The first-order valence-corrected chi connectivity index (χ1v) is 12.1. The Morgan fingerprint density at radius 2 is 1.76 bits per heavy atom. The minimum atomic E-state index is -0.0941. The highest BCUT2D eigenvalue weighted by molar-refractivity contribution is 5.92. The molecule has 1 aliphatic carbocycles. The predicted molar refractivity (Wildman–Crippen MR) is 129 cm³/mol. The highest BCUT2D eigenvalue weighted by Gasteiger charge is 2.26. The number of carbonyl (C=O) groups is 2. The van der Waals surface area contributed by atoms with Gasteiger partial charge >= 0.3 is 0 Å². The van der Waals surface area contributed by atoms with Gasteiger partial charge in [0.05, 0.1) is 17.9 Å². The molecule has 3 aromatic rings. The van der Waals surface area contributed by atoms with Crippen molar-refractivity contribution in [3.8, 4) is 5.69 Å². The molecule has 1 saturated carbocycles. The van der Waals surface area contributed by atoms with E-state index in [2.05, 4.69) is 10.2 Å². The van der Waals surface area contributed by atoms with E-state index in [1.165, 1.54) is 12.8 Å². The lowest BCUT2D eigenvalue weighted by atomic mass is 10.0. The number of furan rings is 1. The molecule has 0 atom stereocenters. The van der Waals surface area contributed by atoms with Crippen LogP contribution in [0, 0.1) is 6.92 Å². The largest absolute Gasteiger partial charge is 0.456 e. The van der Waals surface area contributed by atoms with Crippen LogP contribution in [0.25, 0.3) is 5.69 Å². The van der Waals surface area contributed by atoms with Crippen LogP contribution < -0.4 is 5.32 Å². The molecule has 5 rings (SSSR count). The summed E-state index contributed by atoms with van der Waals surface area (Å²) in [5.41, 5.74) is 1.99. The number of nitrogens with one attached hydrogen (secondary N) is 1. The summed E-state index contributed by atoms with van der Waals surface area (Å²) < 4.78 is 7.31. The normalized spacial score (nSPS) is 17.3. The summed E-state index contributed by atoms with van der Waals surface area (Å²) in [6.45, 7) is 4.53. The predicted octanol–water partition coefficient (Wildman–Crippen LogP) is 3.83. The number of aromatic nitrogens is 2. The molecule has 2 aliphatic rings. The Morgan fingerprint density at radius 3 is 2.44 bits per heavy atom. The lowest BCUT2D eigenvalue weighted by molar-refractivity contribution is -0.117. The number of benzene rings is 1. The van der Waals surface area contributed by atoms with Crippen LogP contribution in [0.15, 0.2) is 52.9 Å². The molecular weight excluding hydrogens is 430 g/mol. The van der Waals surface area contributed by atoms with Crippen LogP contribution in [0.2, 0.25) is 0 Å². The van der Waals surface area contributed by atoms with Crippen molar-refractivity contribution in [1.82, 2.24) is 19.6 Å². The molecule has 0 bridgehead atoms. The SMILES string of the molecule is Cc1ccc(C(=O)N2CCN(CC(=O)Nc3cc(C4CCCC4)nn3-c3ccccc3)CC2)o1. The summed E-state index contributed by atoms with van der Waals surface area (Å²) in [5, 5.41) is 7.94. The first kappa shape index (κ1) is 22.4. The number of amides is 2. The third kappa shape index (κ3) is 4.92. The fourth-order valence-corrected chi connectivity index (χ4v) is 4.88. The fraction of sp³-hybridized carbons (Fsp3) is 0.423. The summed E-state index contributed by atoms with van der Waals surface area (Å²) in [6.07, 6.45) is 4.77. The zero-order chi connectivity index (χ0) is 23.5. The average Bonchev–Trinajstić information content (AvgIpc) is 3.61. The summed E-state index contributed by atoms with van der Waals surface area (Å²) in [4.78, 5) is 29.4. The van der Waals surface area contributed by atoms with Crippen LogP contribution >= 0.6 is 0 Å². The Kier molecular flexibility index (Phi) is 6.49. The molecule has 0 unspecified atom stereocenters. The molecule has 2 amide bonds. The van der Waals surface area contributed by atoms with Gasteiger partial charge in [-0.05, 0) is 44.0 Å². The zero-order valence-electron chi connectivity index (χ0n) is 19.6. The zero-order valence-corrected chi connectivity index (χ0v) is 19.6. The van der Waals surface area contributed by atoms with Crippen molar-refractivity contribution in [2.75, 3.05) is 38.0 Å². The molecule has 3 heterocycles. The Labute approximate surface area is 199 Å². The van der Waals surface area contributed by atoms with Crippen molar-refractivity contribution in [3.63, 3.8) is 0 Å². The number of rotatable bonds is 6. The van der Waals surface area contributed by atoms with Gasteiger partial charge in [0.15, 0.2) is 5.76 Å². The topological polar surface area (TPSA) is 83.6 Å². The molecule has 1 saturated heterocycles. The summed E-state index contributed by atoms with van der Waals surface area (Å²) in [5.74, 6) is 2.10. The van der Waals surface area contributed by atoms with Crippen LogP contribution in [0.1, 0.15) is 53.6 Å². The van der Waals surface area contributed by atoms with E-state index in [0.29, 0.717) is 43.7 Å². The van der Waals surface area contributed by atoms with Gasteiger partial charge in [-0.2, -0.15) is 5.10 Å². The van der Waals surface area contributed by atoms with Crippen molar-refractivity contribution >= 4 is 17.6 Å². The van der Waals surface area contributed by atoms with Crippen molar-refractivity contribution in [1.29, 1.82) is 0 Å². The van der Waals surface area contributed by atoms with E-state index >= 15 is 0 Å². The van der Waals surface area contributed by atoms with Gasteiger partial charge in [0, 0.05) is 38.2 Å². The second kappa shape index (κ2) is 9.85. The number of nitrogens with zero attached hydrogens (tertiary/aromatic N) is 4. The van der Waals surface area contributed by atoms with Crippen LogP contribution in [0.5, 0.6) is 0 Å². The lowest BCUT2D eigenvalue weighted by Crippen LogP contribution is -2.50. The number of anilines is 1. The lowest BCUT2D eigenvalue weighted by Gasteiger charge is -2.33. The number of hydrogen-bond donors (Lipinski definition) is 1. The number of hydrogen-bond acceptors (Lipinski definition) is 5. The maximum atomic E-state index is 12.9. The number of piperazine rings is 1. The van der Waals surface area contributed by atoms with E-state index in [4.69, 9.17) is 9.52 Å². The Bertz CT molecular complexity index is 1140. The van der Waals surface area contributed by atoms with Gasteiger partial charge in [0.1, 0.15) is 11.6 Å². The van der Waals surface area contributed by atoms with Gasteiger partial charge in [0.2, 0.25) is 5.91 Å². The minimum absolute atomic E-state index is 0.0727. The van der Waals surface area contributed by atoms with E-state index in [0.717, 1.165) is 30.0 Å². The molecule has 0 radical (unpaired) electrons. The maximum Gasteiger partial charge on any atom is 0.289 e. The molecule has 2 fully saturated rings. The summed E-state index contributed by atoms with van der Waals surface area (Å²) in [6, 6.07) is 15.5. The van der Waals surface area contributed by atoms with Gasteiger partial charge < -0.3 is 14.6 Å². The third-order valence-electron chi connectivity index (χ3n) is 6.75. The van der Waals surface area contributed by atoms with Crippen LogP contribution in [-0.4, -0.2) is 64.1 Å². The van der Waals surface area contributed by atoms with Crippen LogP contribution in [0.3, 0.4) is 0 Å². The maximum absolute atomic E-state index is 12.9. The first-order chi connectivity index (χ1) is 16.6. The quantitative estimate of drug-likeness (QED) is 0.603.